The van der Waals surface area contributed by atoms with Crippen LogP contribution in [0.25, 0.3) is 11.6 Å². The Labute approximate surface area is 114 Å². The number of rotatable bonds is 4. The Bertz CT molecular complexity index is 645. The third kappa shape index (κ3) is 3.09. The summed E-state index contributed by atoms with van der Waals surface area (Å²) in [6.45, 7) is 3.73. The molecule has 1 aromatic heterocycles. The second kappa shape index (κ2) is 5.64. The highest BCUT2D eigenvalue weighted by molar-refractivity contribution is 6.19. The topological polar surface area (TPSA) is 76.2 Å². The minimum Gasteiger partial charge on any atom is -0.477 e. The Morgan fingerprint density at radius 2 is 1.95 bits per heavy atom. The maximum Gasteiger partial charge on any atom is 0.341 e. The zero-order valence-electron chi connectivity index (χ0n) is 11.0. The summed E-state index contributed by atoms with van der Waals surface area (Å²) in [6.07, 6.45) is 1.36. The van der Waals surface area contributed by atoms with E-state index in [1.54, 1.807) is 0 Å². The van der Waals surface area contributed by atoms with Crippen molar-refractivity contribution in [2.75, 3.05) is 0 Å². The summed E-state index contributed by atoms with van der Waals surface area (Å²) in [5.41, 5.74) is 0.407. The lowest BCUT2D eigenvalue weighted by molar-refractivity contribution is -0.130. The van der Waals surface area contributed by atoms with Crippen molar-refractivity contribution in [2.24, 2.45) is 0 Å². The lowest BCUT2D eigenvalue weighted by atomic mass is 10.1. The van der Waals surface area contributed by atoms with Gasteiger partial charge in [0.1, 0.15) is 11.4 Å². The average molecular weight is 276 g/mol. The van der Waals surface area contributed by atoms with Crippen LogP contribution in [0.1, 0.15) is 37.1 Å². The molecule has 0 aliphatic heterocycles. The van der Waals surface area contributed by atoms with E-state index < -0.39 is 5.97 Å². The molecular weight excluding hydrogens is 263 g/mol. The van der Waals surface area contributed by atoms with Gasteiger partial charge in [-0.15, -0.1) is 10.2 Å². The van der Waals surface area contributed by atoms with Crippen LogP contribution < -0.4 is 0 Å². The fraction of sp³-hybridized carbons (Fsp3) is 0.214. The van der Waals surface area contributed by atoms with Crippen molar-refractivity contribution in [3.05, 3.63) is 47.4 Å². The molecule has 6 heteroatoms. The van der Waals surface area contributed by atoms with Gasteiger partial charge in [-0.05, 0) is 23.8 Å². The summed E-state index contributed by atoms with van der Waals surface area (Å²) in [5.74, 6) is -1.26. The minimum atomic E-state index is -1.19. The van der Waals surface area contributed by atoms with Crippen LogP contribution in [0.4, 0.5) is 4.39 Å². The molecule has 0 saturated carbocycles. The van der Waals surface area contributed by atoms with Crippen molar-refractivity contribution >= 4 is 17.6 Å². The third-order valence-electron chi connectivity index (χ3n) is 2.58. The van der Waals surface area contributed by atoms with Crippen LogP contribution in [0.2, 0.25) is 0 Å². The number of aliphatic carboxylic acids is 1. The monoisotopic (exact) mass is 276 g/mol. The van der Waals surface area contributed by atoms with Crippen molar-refractivity contribution in [3.8, 4) is 0 Å². The van der Waals surface area contributed by atoms with E-state index >= 15 is 0 Å². The Balaban J connectivity index is 2.40. The second-order valence-electron chi connectivity index (χ2n) is 4.51. The van der Waals surface area contributed by atoms with Gasteiger partial charge in [-0.1, -0.05) is 26.0 Å². The molecule has 20 heavy (non-hydrogen) atoms. The molecule has 0 radical (unpaired) electrons. The van der Waals surface area contributed by atoms with E-state index in [-0.39, 0.29) is 23.2 Å². The maximum absolute atomic E-state index is 12.8. The predicted octanol–water partition coefficient (Wildman–Crippen LogP) is 2.96. The van der Waals surface area contributed by atoms with Gasteiger partial charge in [-0.25, -0.2) is 9.18 Å². The van der Waals surface area contributed by atoms with E-state index in [1.807, 2.05) is 13.8 Å². The molecule has 0 aliphatic carbocycles. The third-order valence-corrected chi connectivity index (χ3v) is 2.58. The van der Waals surface area contributed by atoms with Gasteiger partial charge in [0.25, 0.3) is 5.89 Å². The van der Waals surface area contributed by atoms with Crippen LogP contribution in [0.3, 0.4) is 0 Å². The van der Waals surface area contributed by atoms with Crippen LogP contribution in [0, 0.1) is 5.82 Å². The lowest BCUT2D eigenvalue weighted by Crippen LogP contribution is -2.00. The smallest absolute Gasteiger partial charge is 0.341 e. The van der Waals surface area contributed by atoms with E-state index in [4.69, 9.17) is 4.42 Å². The zero-order valence-corrected chi connectivity index (χ0v) is 11.0. The van der Waals surface area contributed by atoms with Gasteiger partial charge >= 0.3 is 5.97 Å². The molecule has 1 heterocycles. The molecule has 0 atom stereocenters. The number of nitrogens with zero attached hydrogens (tertiary/aromatic N) is 2. The number of carbonyl (C=O) groups is 1. The highest BCUT2D eigenvalue weighted by atomic mass is 19.1. The summed E-state index contributed by atoms with van der Waals surface area (Å²) in [4.78, 5) is 11.3. The van der Waals surface area contributed by atoms with E-state index in [0.29, 0.717) is 11.5 Å². The molecule has 2 aromatic rings. The van der Waals surface area contributed by atoms with Gasteiger partial charge < -0.3 is 9.52 Å². The number of hydrogen-bond donors (Lipinski definition) is 1. The van der Waals surface area contributed by atoms with Crippen LogP contribution in [-0.4, -0.2) is 21.3 Å². The minimum absolute atomic E-state index is 0.0112. The van der Waals surface area contributed by atoms with Gasteiger partial charge in [0.05, 0.1) is 0 Å². The highest BCUT2D eigenvalue weighted by Crippen LogP contribution is 2.20. The van der Waals surface area contributed by atoms with Crippen molar-refractivity contribution in [2.45, 2.75) is 19.8 Å². The van der Waals surface area contributed by atoms with Crippen LogP contribution >= 0.6 is 0 Å². The molecule has 1 N–H and O–H groups in total. The first-order chi connectivity index (χ1) is 9.47. The van der Waals surface area contributed by atoms with Crippen molar-refractivity contribution in [1.82, 2.24) is 10.2 Å². The molecule has 0 fully saturated rings. The molecule has 0 unspecified atom stereocenters. The largest absolute Gasteiger partial charge is 0.477 e. The molecule has 5 nitrogen and oxygen atoms in total. The summed E-state index contributed by atoms with van der Waals surface area (Å²) in [7, 11) is 0. The molecule has 0 amide bonds. The van der Waals surface area contributed by atoms with Gasteiger partial charge in [-0.3, -0.25) is 0 Å². The molecule has 0 bridgehead atoms. The van der Waals surface area contributed by atoms with Gasteiger partial charge in [0, 0.05) is 5.92 Å². The molecular formula is C14H13FN2O3. The molecule has 0 aliphatic rings. The van der Waals surface area contributed by atoms with Crippen LogP contribution in [0.15, 0.2) is 28.7 Å². The van der Waals surface area contributed by atoms with Crippen LogP contribution in [-0.2, 0) is 4.79 Å². The van der Waals surface area contributed by atoms with E-state index in [0.717, 1.165) is 0 Å². The van der Waals surface area contributed by atoms with Crippen molar-refractivity contribution in [1.29, 1.82) is 0 Å². The lowest BCUT2D eigenvalue weighted by Gasteiger charge is -1.98. The number of hydrogen-bond acceptors (Lipinski definition) is 4. The number of carboxylic acid groups (broad SMARTS) is 1. The molecule has 0 spiro atoms. The first kappa shape index (κ1) is 13.9. The zero-order chi connectivity index (χ0) is 14.7. The standard InChI is InChI=1S/C14H13FN2O3/c1-8(2)12-16-17-13(20-12)11(14(18)19)7-9-3-5-10(15)6-4-9/h3-8H,1-2H3,(H,18,19)/b11-7-. The molecule has 0 saturated heterocycles. The van der Waals surface area contributed by atoms with Gasteiger partial charge in [0.2, 0.25) is 5.89 Å². The summed E-state index contributed by atoms with van der Waals surface area (Å²) < 4.78 is 18.1. The van der Waals surface area contributed by atoms with E-state index in [2.05, 4.69) is 10.2 Å². The number of aromatic nitrogens is 2. The van der Waals surface area contributed by atoms with Gasteiger partial charge in [0.15, 0.2) is 0 Å². The fourth-order valence-electron chi connectivity index (χ4n) is 1.52. The highest BCUT2D eigenvalue weighted by Gasteiger charge is 2.19. The average Bonchev–Trinajstić information content (AvgIpc) is 2.87. The molecule has 1 aromatic carbocycles. The first-order valence-electron chi connectivity index (χ1n) is 6.01. The number of carboxylic acids is 1. The maximum atomic E-state index is 12.8. The quantitative estimate of drug-likeness (QED) is 0.869. The summed E-state index contributed by atoms with van der Waals surface area (Å²) in [5, 5.41) is 16.7. The molecule has 104 valence electrons. The van der Waals surface area contributed by atoms with Gasteiger partial charge in [-0.2, -0.15) is 0 Å². The Kier molecular flexibility index (Phi) is 3.93. The Morgan fingerprint density at radius 1 is 1.30 bits per heavy atom. The fourth-order valence-corrected chi connectivity index (χ4v) is 1.52. The summed E-state index contributed by atoms with van der Waals surface area (Å²) >= 11 is 0. The van der Waals surface area contributed by atoms with E-state index in [9.17, 15) is 14.3 Å². The van der Waals surface area contributed by atoms with E-state index in [1.165, 1.54) is 30.3 Å². The number of benzene rings is 1. The normalized spacial score (nSPS) is 11.9. The number of halogens is 1. The Hall–Kier alpha value is -2.50. The first-order valence-corrected chi connectivity index (χ1v) is 6.01. The molecule has 2 rings (SSSR count). The summed E-state index contributed by atoms with van der Waals surface area (Å²) in [6, 6.07) is 5.44. The van der Waals surface area contributed by atoms with Crippen molar-refractivity contribution < 1.29 is 18.7 Å². The SMILES string of the molecule is CC(C)c1nnc(/C(=C/c2ccc(F)cc2)C(=O)O)o1. The second-order valence-corrected chi connectivity index (χ2v) is 4.51. The predicted molar refractivity (Wildman–Crippen MR) is 70.3 cm³/mol. The van der Waals surface area contributed by atoms with Crippen molar-refractivity contribution in [3.63, 3.8) is 0 Å². The van der Waals surface area contributed by atoms with Crippen LogP contribution in [0.5, 0.6) is 0 Å². The Morgan fingerprint density at radius 3 is 2.45 bits per heavy atom.